The predicted molar refractivity (Wildman–Crippen MR) is 121 cm³/mol. The number of nitrogens with zero attached hydrogens (tertiary/aromatic N) is 3. The van der Waals surface area contributed by atoms with Crippen molar-refractivity contribution in [1.29, 1.82) is 0 Å². The Morgan fingerprint density at radius 1 is 1.15 bits per heavy atom. The van der Waals surface area contributed by atoms with Crippen LogP contribution in [0, 0.1) is 0 Å². The number of rotatable bonds is 6. The molecule has 3 rings (SSSR count). The van der Waals surface area contributed by atoms with Crippen molar-refractivity contribution in [2.75, 3.05) is 7.05 Å². The Morgan fingerprint density at radius 2 is 1.92 bits per heavy atom. The number of hydrogen-bond donors (Lipinski definition) is 2. The van der Waals surface area contributed by atoms with E-state index < -0.39 is 0 Å². The summed E-state index contributed by atoms with van der Waals surface area (Å²) in [6.45, 7) is 3.46. The summed E-state index contributed by atoms with van der Waals surface area (Å²) in [6, 6.07) is 10.2. The number of guanidine groups is 1. The van der Waals surface area contributed by atoms with Gasteiger partial charge in [-0.2, -0.15) is 0 Å². The molecule has 2 N–H and O–H groups in total. The first-order valence-corrected chi connectivity index (χ1v) is 9.86. The molecule has 8 heteroatoms. The number of benzene rings is 1. The van der Waals surface area contributed by atoms with Crippen molar-refractivity contribution in [2.45, 2.75) is 26.4 Å². The minimum atomic E-state index is 0. The Hall–Kier alpha value is -1.52. The van der Waals surface area contributed by atoms with Gasteiger partial charge in [-0.25, -0.2) is 9.97 Å². The molecule has 26 heavy (non-hydrogen) atoms. The van der Waals surface area contributed by atoms with Gasteiger partial charge in [0.1, 0.15) is 10.0 Å². The molecule has 2 heterocycles. The van der Waals surface area contributed by atoms with Crippen molar-refractivity contribution < 1.29 is 0 Å². The van der Waals surface area contributed by atoms with E-state index in [0.29, 0.717) is 13.1 Å². The van der Waals surface area contributed by atoms with E-state index in [2.05, 4.69) is 50.0 Å². The maximum absolute atomic E-state index is 4.68. The predicted octanol–water partition coefficient (Wildman–Crippen LogP) is 4.31. The van der Waals surface area contributed by atoms with E-state index in [0.717, 1.165) is 33.7 Å². The molecule has 0 radical (unpaired) electrons. The molecule has 2 aromatic heterocycles. The minimum Gasteiger partial charge on any atom is -0.351 e. The third-order valence-electron chi connectivity index (χ3n) is 3.59. The third-order valence-corrected chi connectivity index (χ3v) is 5.67. The lowest BCUT2D eigenvalue weighted by Crippen LogP contribution is -2.36. The fourth-order valence-electron chi connectivity index (χ4n) is 2.25. The van der Waals surface area contributed by atoms with Gasteiger partial charge in [-0.1, -0.05) is 37.3 Å². The summed E-state index contributed by atoms with van der Waals surface area (Å²) < 4.78 is 0. The summed E-state index contributed by atoms with van der Waals surface area (Å²) in [5.74, 6) is 0.752. The molecule has 0 atom stereocenters. The first-order chi connectivity index (χ1) is 12.3. The van der Waals surface area contributed by atoms with Crippen LogP contribution in [0.2, 0.25) is 0 Å². The molecule has 0 bridgehead atoms. The average Bonchev–Trinajstić information content (AvgIpc) is 3.32. The highest BCUT2D eigenvalue weighted by molar-refractivity contribution is 14.0. The van der Waals surface area contributed by atoms with Crippen LogP contribution >= 0.6 is 46.7 Å². The van der Waals surface area contributed by atoms with Gasteiger partial charge in [0.2, 0.25) is 0 Å². The second-order valence-electron chi connectivity index (χ2n) is 5.36. The number of aromatic nitrogens is 2. The number of hydrogen-bond acceptors (Lipinski definition) is 5. The summed E-state index contributed by atoms with van der Waals surface area (Å²) in [5.41, 5.74) is 2.16. The van der Waals surface area contributed by atoms with E-state index >= 15 is 0 Å². The van der Waals surface area contributed by atoms with Crippen LogP contribution in [0.3, 0.4) is 0 Å². The van der Waals surface area contributed by atoms with Crippen LogP contribution < -0.4 is 10.6 Å². The fraction of sp³-hybridized carbons (Fsp3) is 0.278. The molecular formula is C18H22IN5S2. The molecule has 0 amide bonds. The Kier molecular flexibility index (Phi) is 8.46. The number of aryl methyl sites for hydroxylation is 1. The van der Waals surface area contributed by atoms with E-state index in [1.165, 1.54) is 4.88 Å². The first-order valence-electron chi connectivity index (χ1n) is 8.16. The Balaban J connectivity index is 0.00000243. The van der Waals surface area contributed by atoms with E-state index in [1.54, 1.807) is 29.7 Å². The zero-order chi connectivity index (χ0) is 17.5. The third kappa shape index (κ3) is 5.75. The largest absolute Gasteiger partial charge is 0.351 e. The van der Waals surface area contributed by atoms with Crippen LogP contribution in [-0.4, -0.2) is 23.0 Å². The van der Waals surface area contributed by atoms with Gasteiger partial charge in [-0.3, -0.25) is 4.99 Å². The monoisotopic (exact) mass is 499 g/mol. The molecule has 0 saturated heterocycles. The lowest BCUT2D eigenvalue weighted by Gasteiger charge is -2.09. The zero-order valence-corrected chi connectivity index (χ0v) is 18.7. The molecular weight excluding hydrogens is 477 g/mol. The molecule has 5 nitrogen and oxygen atoms in total. The molecule has 0 aliphatic rings. The normalized spacial score (nSPS) is 11.1. The zero-order valence-electron chi connectivity index (χ0n) is 14.7. The van der Waals surface area contributed by atoms with Crippen molar-refractivity contribution in [2.24, 2.45) is 4.99 Å². The molecule has 0 spiro atoms. The molecule has 0 aliphatic carbocycles. The van der Waals surface area contributed by atoms with E-state index in [4.69, 9.17) is 0 Å². The highest BCUT2D eigenvalue weighted by Crippen LogP contribution is 2.23. The second-order valence-corrected chi connectivity index (χ2v) is 7.42. The molecule has 0 saturated carbocycles. The molecule has 0 aliphatic heterocycles. The first kappa shape index (κ1) is 20.8. The highest BCUT2D eigenvalue weighted by atomic mass is 127. The van der Waals surface area contributed by atoms with E-state index in [1.807, 2.05) is 24.4 Å². The summed E-state index contributed by atoms with van der Waals surface area (Å²) in [5, 5.41) is 10.8. The van der Waals surface area contributed by atoms with Crippen LogP contribution in [0.4, 0.5) is 0 Å². The quantitative estimate of drug-likeness (QED) is 0.302. The topological polar surface area (TPSA) is 62.2 Å². The Morgan fingerprint density at radius 3 is 2.62 bits per heavy atom. The summed E-state index contributed by atoms with van der Waals surface area (Å²) in [4.78, 5) is 14.7. The molecule has 0 unspecified atom stereocenters. The van der Waals surface area contributed by atoms with Crippen LogP contribution in [-0.2, 0) is 19.5 Å². The summed E-state index contributed by atoms with van der Waals surface area (Å²) in [7, 11) is 1.77. The molecule has 3 aromatic rings. The SMILES string of the molecule is CCc1cnc(CNC(=NC)NCc2csc(-c3ccccc3)n2)s1.I. The lowest BCUT2D eigenvalue weighted by atomic mass is 10.2. The molecule has 1 aromatic carbocycles. The van der Waals surface area contributed by atoms with Gasteiger partial charge in [-0.15, -0.1) is 46.7 Å². The van der Waals surface area contributed by atoms with Crippen LogP contribution in [0.1, 0.15) is 22.5 Å². The number of thiazole rings is 2. The van der Waals surface area contributed by atoms with Crippen LogP contribution in [0.15, 0.2) is 46.9 Å². The maximum Gasteiger partial charge on any atom is 0.191 e. The van der Waals surface area contributed by atoms with Crippen LogP contribution in [0.5, 0.6) is 0 Å². The lowest BCUT2D eigenvalue weighted by molar-refractivity contribution is 0.795. The maximum atomic E-state index is 4.68. The number of aliphatic imine (C=N–C) groups is 1. The summed E-state index contributed by atoms with van der Waals surface area (Å²) >= 11 is 3.39. The Bertz CT molecular complexity index is 829. The van der Waals surface area contributed by atoms with Crippen molar-refractivity contribution in [1.82, 2.24) is 20.6 Å². The molecule has 138 valence electrons. The van der Waals surface area contributed by atoms with Gasteiger partial charge < -0.3 is 10.6 Å². The van der Waals surface area contributed by atoms with Crippen LogP contribution in [0.25, 0.3) is 10.6 Å². The van der Waals surface area contributed by atoms with Gasteiger partial charge in [-0.05, 0) is 6.42 Å². The fourth-order valence-corrected chi connectivity index (χ4v) is 3.88. The summed E-state index contributed by atoms with van der Waals surface area (Å²) in [6.07, 6.45) is 2.97. The second kappa shape index (κ2) is 10.6. The molecule has 0 fully saturated rings. The van der Waals surface area contributed by atoms with Crippen molar-refractivity contribution >= 4 is 52.6 Å². The average molecular weight is 499 g/mol. The Labute approximate surface area is 179 Å². The smallest absolute Gasteiger partial charge is 0.191 e. The van der Waals surface area contributed by atoms with Gasteiger partial charge in [0.25, 0.3) is 0 Å². The van der Waals surface area contributed by atoms with Crippen molar-refractivity contribution in [3.63, 3.8) is 0 Å². The standard InChI is InChI=1S/C18H21N5S2.HI/c1-3-15-10-20-16(25-15)11-22-18(19-2)21-9-14-12-24-17(23-14)13-7-5-4-6-8-13;/h4-8,10,12H,3,9,11H2,1-2H3,(H2,19,21,22);1H. The highest BCUT2D eigenvalue weighted by Gasteiger charge is 2.06. The van der Waals surface area contributed by atoms with E-state index in [9.17, 15) is 0 Å². The number of nitrogens with one attached hydrogen (secondary N) is 2. The number of halogens is 1. The minimum absolute atomic E-state index is 0. The van der Waals surface area contributed by atoms with Crippen molar-refractivity contribution in [3.8, 4) is 10.6 Å². The van der Waals surface area contributed by atoms with Gasteiger partial charge >= 0.3 is 0 Å². The van der Waals surface area contributed by atoms with Crippen molar-refractivity contribution in [3.05, 3.63) is 57.5 Å². The van der Waals surface area contributed by atoms with Gasteiger partial charge in [0.15, 0.2) is 5.96 Å². The van der Waals surface area contributed by atoms with E-state index in [-0.39, 0.29) is 24.0 Å². The van der Waals surface area contributed by atoms with Gasteiger partial charge in [0.05, 0.1) is 18.8 Å². The van der Waals surface area contributed by atoms with Gasteiger partial charge in [0, 0.05) is 29.1 Å².